The van der Waals surface area contributed by atoms with E-state index in [1.165, 1.54) is 37.4 Å². The molecular weight excluding hydrogens is 442 g/mol. The van der Waals surface area contributed by atoms with Gasteiger partial charge in [-0.25, -0.2) is 9.78 Å². The molecule has 0 spiro atoms. The number of hydrogen-bond donors (Lipinski definition) is 2. The van der Waals surface area contributed by atoms with Crippen LogP contribution in [0.4, 0.5) is 5.69 Å². The number of ether oxygens (including phenoxy) is 2. The van der Waals surface area contributed by atoms with Gasteiger partial charge in [-0.05, 0) is 30.3 Å². The normalized spacial score (nSPS) is 11.5. The van der Waals surface area contributed by atoms with Gasteiger partial charge in [-0.15, -0.1) is 0 Å². The first kappa shape index (κ1) is 22.6. The summed E-state index contributed by atoms with van der Waals surface area (Å²) in [5, 5.41) is 2.63. The predicted octanol–water partition coefficient (Wildman–Crippen LogP) is 1.62. The number of anilines is 1. The second-order valence-corrected chi connectivity index (χ2v) is 6.86. The topological polar surface area (TPSA) is 145 Å². The molecule has 2 aromatic carbocycles. The van der Waals surface area contributed by atoms with Crippen LogP contribution in [0.3, 0.4) is 0 Å². The maximum absolute atomic E-state index is 13.0. The Kier molecular flexibility index (Phi) is 6.64. The molecule has 0 saturated carbocycles. The van der Waals surface area contributed by atoms with E-state index in [0.717, 1.165) is 7.11 Å². The lowest BCUT2D eigenvalue weighted by Gasteiger charge is -2.14. The SMILES string of the molecule is COC(=O)C(=O)[C@@H](C(=O)C(=O)Nc1ccccc1OC)c1nc2ccc(Cl)cc2[nH]c1=O. The maximum atomic E-state index is 13.0. The van der Waals surface area contributed by atoms with Crippen molar-refractivity contribution in [1.82, 2.24) is 9.97 Å². The first-order chi connectivity index (χ1) is 15.3. The Morgan fingerprint density at radius 1 is 1.06 bits per heavy atom. The molecular formula is C21H16ClN3O7. The number of ketones is 2. The summed E-state index contributed by atoms with van der Waals surface area (Å²) in [6.45, 7) is 0. The number of para-hydroxylation sites is 2. The zero-order chi connectivity index (χ0) is 23.4. The molecule has 3 aromatic rings. The van der Waals surface area contributed by atoms with Gasteiger partial charge in [0.05, 0.1) is 30.9 Å². The second kappa shape index (κ2) is 9.40. The van der Waals surface area contributed by atoms with Crippen LogP contribution in [0.25, 0.3) is 11.0 Å². The number of carbonyl (C=O) groups is 4. The largest absolute Gasteiger partial charge is 0.495 e. The Balaban J connectivity index is 2.07. The van der Waals surface area contributed by atoms with Crippen LogP contribution in [-0.4, -0.2) is 47.6 Å². The van der Waals surface area contributed by atoms with Crippen LogP contribution in [0.2, 0.25) is 5.02 Å². The molecule has 0 aliphatic rings. The first-order valence-electron chi connectivity index (χ1n) is 9.06. The number of benzene rings is 2. The number of aromatic amines is 1. The van der Waals surface area contributed by atoms with E-state index in [1.54, 1.807) is 12.1 Å². The van der Waals surface area contributed by atoms with Gasteiger partial charge < -0.3 is 19.8 Å². The van der Waals surface area contributed by atoms with E-state index in [4.69, 9.17) is 16.3 Å². The summed E-state index contributed by atoms with van der Waals surface area (Å²) in [5.74, 6) is -7.33. The van der Waals surface area contributed by atoms with E-state index in [2.05, 4.69) is 20.0 Å². The third-order valence-electron chi connectivity index (χ3n) is 4.44. The van der Waals surface area contributed by atoms with Crippen molar-refractivity contribution < 1.29 is 28.7 Å². The molecule has 1 aromatic heterocycles. The Morgan fingerprint density at radius 3 is 2.47 bits per heavy atom. The molecule has 1 atom stereocenters. The molecule has 0 aliphatic heterocycles. The Morgan fingerprint density at radius 2 is 1.78 bits per heavy atom. The van der Waals surface area contributed by atoms with Crippen molar-refractivity contribution in [1.29, 1.82) is 0 Å². The minimum absolute atomic E-state index is 0.146. The van der Waals surface area contributed by atoms with Gasteiger partial charge in [0.15, 0.2) is 0 Å². The molecule has 1 heterocycles. The highest BCUT2D eigenvalue weighted by Gasteiger charge is 2.40. The van der Waals surface area contributed by atoms with Crippen molar-refractivity contribution in [2.45, 2.75) is 5.92 Å². The van der Waals surface area contributed by atoms with Crippen LogP contribution in [0.5, 0.6) is 5.75 Å². The number of methoxy groups -OCH3 is 2. The molecule has 164 valence electrons. The lowest BCUT2D eigenvalue weighted by Crippen LogP contribution is -2.39. The van der Waals surface area contributed by atoms with Crippen molar-refractivity contribution in [3.8, 4) is 5.75 Å². The van der Waals surface area contributed by atoms with E-state index in [0.29, 0.717) is 5.02 Å². The van der Waals surface area contributed by atoms with Crippen molar-refractivity contribution in [3.63, 3.8) is 0 Å². The van der Waals surface area contributed by atoms with Gasteiger partial charge in [-0.3, -0.25) is 19.2 Å². The lowest BCUT2D eigenvalue weighted by atomic mass is 9.94. The van der Waals surface area contributed by atoms with Crippen LogP contribution in [-0.2, 0) is 23.9 Å². The van der Waals surface area contributed by atoms with Crippen LogP contribution in [0.1, 0.15) is 11.6 Å². The summed E-state index contributed by atoms with van der Waals surface area (Å²) in [4.78, 5) is 69.2. The third-order valence-corrected chi connectivity index (χ3v) is 4.68. The van der Waals surface area contributed by atoms with Crippen LogP contribution < -0.4 is 15.6 Å². The number of aromatic nitrogens is 2. The lowest BCUT2D eigenvalue weighted by molar-refractivity contribution is -0.154. The molecule has 2 N–H and O–H groups in total. The number of esters is 1. The highest BCUT2D eigenvalue weighted by Crippen LogP contribution is 2.24. The van der Waals surface area contributed by atoms with Crippen molar-refractivity contribution >= 4 is 51.8 Å². The number of nitrogens with one attached hydrogen (secondary N) is 2. The smallest absolute Gasteiger partial charge is 0.375 e. The minimum Gasteiger partial charge on any atom is -0.495 e. The summed E-state index contributed by atoms with van der Waals surface area (Å²) >= 11 is 5.90. The molecule has 0 bridgehead atoms. The summed E-state index contributed by atoms with van der Waals surface area (Å²) in [6.07, 6.45) is 0. The number of nitrogens with zero attached hydrogens (tertiary/aromatic N) is 1. The van der Waals surface area contributed by atoms with Gasteiger partial charge in [-0.2, -0.15) is 0 Å². The van der Waals surface area contributed by atoms with E-state index < -0.39 is 40.6 Å². The van der Waals surface area contributed by atoms with E-state index in [9.17, 15) is 24.0 Å². The van der Waals surface area contributed by atoms with Crippen molar-refractivity contribution in [2.75, 3.05) is 19.5 Å². The standard InChI is InChI=1S/C21H16ClN3O7/c1-31-14-6-4-3-5-12(14)24-20(29)17(26)15(18(27)21(30)32-2)16-19(28)25-13-9-10(22)7-8-11(13)23-16/h3-9,15H,1-2H3,(H,24,29)(H,25,28)/t15-/m1/s1. The molecule has 0 radical (unpaired) electrons. The second-order valence-electron chi connectivity index (χ2n) is 6.42. The minimum atomic E-state index is -2.12. The molecule has 0 fully saturated rings. The van der Waals surface area contributed by atoms with Crippen molar-refractivity contribution in [2.24, 2.45) is 0 Å². The summed E-state index contributed by atoms with van der Waals surface area (Å²) in [5.41, 5.74) is -1.01. The molecule has 0 unspecified atom stereocenters. The number of Topliss-reactive ketones (excluding diaryl/α,β-unsaturated/α-hetero) is 2. The highest BCUT2D eigenvalue weighted by molar-refractivity contribution is 6.52. The van der Waals surface area contributed by atoms with Gasteiger partial charge in [-0.1, -0.05) is 23.7 Å². The third kappa shape index (κ3) is 4.49. The van der Waals surface area contributed by atoms with Gasteiger partial charge in [0, 0.05) is 5.02 Å². The number of amides is 1. The Hall–Kier alpha value is -4.05. The van der Waals surface area contributed by atoms with E-state index in [-0.39, 0.29) is 22.5 Å². The first-order valence-corrected chi connectivity index (χ1v) is 9.44. The fourth-order valence-electron chi connectivity index (χ4n) is 2.92. The molecule has 32 heavy (non-hydrogen) atoms. The highest BCUT2D eigenvalue weighted by atomic mass is 35.5. The average Bonchev–Trinajstić information content (AvgIpc) is 2.79. The van der Waals surface area contributed by atoms with Gasteiger partial charge in [0.1, 0.15) is 17.4 Å². The predicted molar refractivity (Wildman–Crippen MR) is 114 cm³/mol. The molecule has 0 aliphatic carbocycles. The Labute approximate surface area is 185 Å². The monoisotopic (exact) mass is 457 g/mol. The number of rotatable bonds is 7. The fraction of sp³-hybridized carbons (Fsp3) is 0.143. The fourth-order valence-corrected chi connectivity index (χ4v) is 3.09. The number of H-pyrrole nitrogens is 1. The molecule has 1 amide bonds. The summed E-state index contributed by atoms with van der Waals surface area (Å²) in [6, 6.07) is 10.6. The molecule has 0 saturated heterocycles. The van der Waals surface area contributed by atoms with E-state index in [1.807, 2.05) is 0 Å². The van der Waals surface area contributed by atoms with Crippen LogP contribution in [0.15, 0.2) is 47.3 Å². The Bertz CT molecular complexity index is 1300. The molecule has 11 heteroatoms. The zero-order valence-corrected chi connectivity index (χ0v) is 17.6. The van der Waals surface area contributed by atoms with Gasteiger partial charge in [0.25, 0.3) is 17.2 Å². The summed E-state index contributed by atoms with van der Waals surface area (Å²) < 4.78 is 9.50. The molecule has 3 rings (SSSR count). The van der Waals surface area contributed by atoms with Gasteiger partial charge >= 0.3 is 5.97 Å². The number of hydrogen-bond acceptors (Lipinski definition) is 8. The number of carbonyl (C=O) groups excluding carboxylic acids is 4. The number of fused-ring (bicyclic) bond motifs is 1. The van der Waals surface area contributed by atoms with E-state index >= 15 is 0 Å². The van der Waals surface area contributed by atoms with Crippen LogP contribution >= 0.6 is 11.6 Å². The van der Waals surface area contributed by atoms with Gasteiger partial charge in [0.2, 0.25) is 5.78 Å². The quantitative estimate of drug-likeness (QED) is 0.309. The van der Waals surface area contributed by atoms with Crippen molar-refractivity contribution in [3.05, 3.63) is 63.5 Å². The average molecular weight is 458 g/mol. The molecule has 10 nitrogen and oxygen atoms in total. The zero-order valence-electron chi connectivity index (χ0n) is 16.8. The maximum Gasteiger partial charge on any atom is 0.375 e. The van der Waals surface area contributed by atoms with Crippen LogP contribution in [0, 0.1) is 0 Å². The number of halogens is 1. The summed E-state index contributed by atoms with van der Waals surface area (Å²) in [7, 11) is 2.29.